The smallest absolute Gasteiger partial charge is 0.0750 e. The van der Waals surface area contributed by atoms with Crippen LogP contribution in [0.3, 0.4) is 0 Å². The zero-order chi connectivity index (χ0) is 4.57. The molecular formula is C5H8O. The maximum absolute atomic E-state index is 8.62. The van der Waals surface area contributed by atoms with Crippen LogP contribution in [-0.4, -0.2) is 11.2 Å². The lowest BCUT2D eigenvalue weighted by Crippen LogP contribution is -2.19. The van der Waals surface area contributed by atoms with E-state index in [1.54, 1.807) is 0 Å². The average Bonchev–Trinajstić information content (AvgIpc) is 1.61. The Bertz CT molecular complexity index is 76.0. The fourth-order valence-electron chi connectivity index (χ4n) is 0.478. The highest BCUT2D eigenvalue weighted by Gasteiger charge is 2.17. The van der Waals surface area contributed by atoms with E-state index in [1.165, 1.54) is 0 Å². The molecule has 0 radical (unpaired) electrons. The van der Waals surface area contributed by atoms with Crippen LogP contribution in [0.25, 0.3) is 0 Å². The fourth-order valence-corrected chi connectivity index (χ4v) is 0.478. The Hall–Kier alpha value is -0.300. The predicted octanol–water partition coefficient (Wildman–Crippen LogP) is 0.697. The van der Waals surface area contributed by atoms with Crippen LogP contribution in [0.4, 0.5) is 0 Å². The molecule has 1 nitrogen and oxygen atoms in total. The second kappa shape index (κ2) is 1.09. The Morgan fingerprint density at radius 3 is 2.33 bits per heavy atom. The largest absolute Gasteiger partial charge is 0.389 e. The van der Waals surface area contributed by atoms with Crippen molar-refractivity contribution in [2.24, 2.45) is 0 Å². The number of hydrogen-bond acceptors (Lipinski definition) is 1. The second-order valence-electron chi connectivity index (χ2n) is 1.71. The Labute approximate surface area is 37.3 Å². The van der Waals surface area contributed by atoms with Gasteiger partial charge in [0.25, 0.3) is 0 Å². The van der Waals surface area contributed by atoms with Gasteiger partial charge in [-0.3, -0.25) is 0 Å². The van der Waals surface area contributed by atoms with Crippen LogP contribution in [0, 0.1) is 0 Å². The third-order valence-corrected chi connectivity index (χ3v) is 1.21. The van der Waals surface area contributed by atoms with Crippen molar-refractivity contribution in [2.45, 2.75) is 18.9 Å². The van der Waals surface area contributed by atoms with Crippen molar-refractivity contribution < 1.29 is 5.11 Å². The summed E-state index contributed by atoms with van der Waals surface area (Å²) < 4.78 is 0. The highest BCUT2D eigenvalue weighted by atomic mass is 16.3. The zero-order valence-electron chi connectivity index (χ0n) is 3.65. The Morgan fingerprint density at radius 1 is 1.83 bits per heavy atom. The molecule has 1 saturated carbocycles. The van der Waals surface area contributed by atoms with E-state index < -0.39 is 0 Å². The van der Waals surface area contributed by atoms with E-state index in [-0.39, 0.29) is 6.10 Å². The van der Waals surface area contributed by atoms with Crippen molar-refractivity contribution in [3.63, 3.8) is 0 Å². The van der Waals surface area contributed by atoms with Crippen molar-refractivity contribution >= 4 is 0 Å². The van der Waals surface area contributed by atoms with Gasteiger partial charge >= 0.3 is 0 Å². The number of aliphatic hydroxyl groups excluding tert-OH is 1. The maximum Gasteiger partial charge on any atom is 0.0750 e. The molecule has 1 aliphatic carbocycles. The number of hydrogen-bond donors (Lipinski definition) is 1. The van der Waals surface area contributed by atoms with Crippen LogP contribution < -0.4 is 0 Å². The van der Waals surface area contributed by atoms with E-state index in [9.17, 15) is 0 Å². The van der Waals surface area contributed by atoms with Gasteiger partial charge in [0.1, 0.15) is 0 Å². The summed E-state index contributed by atoms with van der Waals surface area (Å²) in [7, 11) is 0. The summed E-state index contributed by atoms with van der Waals surface area (Å²) in [5.74, 6) is 0. The van der Waals surface area contributed by atoms with E-state index in [2.05, 4.69) is 6.58 Å². The zero-order valence-corrected chi connectivity index (χ0v) is 3.65. The second-order valence-corrected chi connectivity index (χ2v) is 1.71. The minimum absolute atomic E-state index is 0.162. The van der Waals surface area contributed by atoms with Gasteiger partial charge in [-0.15, -0.1) is 0 Å². The van der Waals surface area contributed by atoms with Gasteiger partial charge in [0.15, 0.2) is 0 Å². The van der Waals surface area contributed by atoms with Crippen LogP contribution in [-0.2, 0) is 0 Å². The molecule has 0 aromatic heterocycles. The maximum atomic E-state index is 8.62. The summed E-state index contributed by atoms with van der Waals surface area (Å²) in [5.41, 5.74) is 0.995. The predicted molar refractivity (Wildman–Crippen MR) is 24.4 cm³/mol. The van der Waals surface area contributed by atoms with E-state index in [4.69, 9.17) is 5.11 Å². The highest BCUT2D eigenvalue weighted by molar-refractivity contribution is 5.10. The van der Waals surface area contributed by atoms with Crippen molar-refractivity contribution in [1.29, 1.82) is 0 Å². The molecule has 6 heavy (non-hydrogen) atoms. The van der Waals surface area contributed by atoms with Gasteiger partial charge in [0.2, 0.25) is 0 Å². The van der Waals surface area contributed by atoms with Crippen LogP contribution in [0.5, 0.6) is 0 Å². The third-order valence-electron chi connectivity index (χ3n) is 1.21. The molecule has 0 saturated heterocycles. The summed E-state index contributed by atoms with van der Waals surface area (Å²) >= 11 is 0. The van der Waals surface area contributed by atoms with Crippen LogP contribution in [0.2, 0.25) is 0 Å². The molecule has 0 aromatic carbocycles. The Morgan fingerprint density at radius 2 is 2.33 bits per heavy atom. The highest BCUT2D eigenvalue weighted by Crippen LogP contribution is 2.23. The summed E-state index contributed by atoms with van der Waals surface area (Å²) in [4.78, 5) is 0. The van der Waals surface area contributed by atoms with E-state index >= 15 is 0 Å². The van der Waals surface area contributed by atoms with Gasteiger partial charge in [-0.2, -0.15) is 0 Å². The minimum Gasteiger partial charge on any atom is -0.389 e. The van der Waals surface area contributed by atoms with Crippen molar-refractivity contribution in [1.82, 2.24) is 0 Å². The van der Waals surface area contributed by atoms with Gasteiger partial charge in [-0.1, -0.05) is 6.58 Å². The molecule has 1 fully saturated rings. The molecule has 0 amide bonds. The molecule has 1 rings (SSSR count). The SMILES string of the molecule is C=C1CCC1O. The van der Waals surface area contributed by atoms with E-state index in [1.807, 2.05) is 0 Å². The van der Waals surface area contributed by atoms with Gasteiger partial charge in [-0.25, -0.2) is 0 Å². The lowest BCUT2D eigenvalue weighted by Gasteiger charge is -2.22. The normalized spacial score (nSPS) is 32.8. The third kappa shape index (κ3) is 0.356. The fraction of sp³-hybridized carbons (Fsp3) is 0.600. The molecule has 1 atom stereocenters. The first-order chi connectivity index (χ1) is 2.80. The summed E-state index contributed by atoms with van der Waals surface area (Å²) in [5, 5.41) is 8.62. The molecule has 1 heteroatoms. The van der Waals surface area contributed by atoms with Gasteiger partial charge < -0.3 is 5.11 Å². The van der Waals surface area contributed by atoms with Gasteiger partial charge in [-0.05, 0) is 18.4 Å². The Kier molecular flexibility index (Phi) is 0.701. The topological polar surface area (TPSA) is 20.2 Å². The first-order valence-electron chi connectivity index (χ1n) is 2.16. The molecule has 1 N–H and O–H groups in total. The van der Waals surface area contributed by atoms with Crippen molar-refractivity contribution in [2.75, 3.05) is 0 Å². The van der Waals surface area contributed by atoms with Crippen molar-refractivity contribution in [3.8, 4) is 0 Å². The van der Waals surface area contributed by atoms with Gasteiger partial charge in [0, 0.05) is 0 Å². The summed E-state index contributed by atoms with van der Waals surface area (Å²) in [6.45, 7) is 3.59. The lowest BCUT2D eigenvalue weighted by atomic mass is 9.91. The molecule has 0 aromatic rings. The molecule has 0 heterocycles. The monoisotopic (exact) mass is 84.1 g/mol. The quantitative estimate of drug-likeness (QED) is 0.428. The molecule has 1 unspecified atom stereocenters. The molecule has 1 aliphatic rings. The summed E-state index contributed by atoms with van der Waals surface area (Å²) in [6.07, 6.45) is 1.80. The molecule has 0 bridgehead atoms. The summed E-state index contributed by atoms with van der Waals surface area (Å²) in [6, 6.07) is 0. The molecule has 34 valence electrons. The average molecular weight is 84.1 g/mol. The molecule has 0 aliphatic heterocycles. The Balaban J connectivity index is 2.39. The molecule has 0 spiro atoms. The lowest BCUT2D eigenvalue weighted by molar-refractivity contribution is 0.157. The standard InChI is InChI=1S/C5H8O/c1-4-2-3-5(4)6/h5-6H,1-3H2. The van der Waals surface area contributed by atoms with E-state index in [0.717, 1.165) is 18.4 Å². The number of rotatable bonds is 0. The minimum atomic E-state index is -0.162. The van der Waals surface area contributed by atoms with Crippen molar-refractivity contribution in [3.05, 3.63) is 12.2 Å². The van der Waals surface area contributed by atoms with E-state index in [0.29, 0.717) is 0 Å². The van der Waals surface area contributed by atoms with Gasteiger partial charge in [0.05, 0.1) is 6.10 Å². The first kappa shape index (κ1) is 3.88. The van der Waals surface area contributed by atoms with Crippen LogP contribution >= 0.6 is 0 Å². The number of aliphatic hydroxyl groups is 1. The van der Waals surface area contributed by atoms with Crippen LogP contribution in [0.1, 0.15) is 12.8 Å². The molecular weight excluding hydrogens is 76.1 g/mol. The first-order valence-corrected chi connectivity index (χ1v) is 2.16. The van der Waals surface area contributed by atoms with Crippen LogP contribution in [0.15, 0.2) is 12.2 Å².